The van der Waals surface area contributed by atoms with Crippen molar-refractivity contribution < 1.29 is 23.5 Å². The second-order valence-electron chi connectivity index (χ2n) is 3.88. The molecule has 0 spiro atoms. The molecule has 1 aromatic rings. The first kappa shape index (κ1) is 15.4. The van der Waals surface area contributed by atoms with Crippen molar-refractivity contribution in [2.24, 2.45) is 0 Å². The van der Waals surface area contributed by atoms with Gasteiger partial charge in [0.25, 0.3) is 5.91 Å². The molecule has 20 heavy (non-hydrogen) atoms. The molecule has 0 aromatic carbocycles. The third-order valence-electron chi connectivity index (χ3n) is 2.35. The predicted octanol–water partition coefficient (Wildman–Crippen LogP) is -0.131. The molecule has 0 radical (unpaired) electrons. The van der Waals surface area contributed by atoms with Gasteiger partial charge in [-0.25, -0.2) is 14.4 Å². The summed E-state index contributed by atoms with van der Waals surface area (Å²) in [5.41, 5.74) is -0.110. The number of carbonyl (C=O) groups is 3. The highest BCUT2D eigenvalue weighted by molar-refractivity contribution is 5.97. The van der Waals surface area contributed by atoms with Crippen LogP contribution in [0.25, 0.3) is 0 Å². The van der Waals surface area contributed by atoms with Crippen molar-refractivity contribution in [3.05, 3.63) is 33.4 Å². The van der Waals surface area contributed by atoms with Crippen LogP contribution in [0.15, 0.2) is 15.3 Å². The topological polar surface area (TPSA) is 115 Å². The molecular weight excluding hydrogens is 268 g/mol. The fourth-order valence-electron chi connectivity index (χ4n) is 1.49. The Bertz CT molecular complexity index is 578. The zero-order valence-electron chi connectivity index (χ0n) is 11.2. The lowest BCUT2D eigenvalue weighted by molar-refractivity contribution is -0.123. The number of amides is 3. The van der Waals surface area contributed by atoms with E-state index in [1.807, 2.05) is 5.32 Å². The molecule has 0 aliphatic carbocycles. The second-order valence-corrected chi connectivity index (χ2v) is 3.88. The summed E-state index contributed by atoms with van der Waals surface area (Å²) in [4.78, 5) is 45.0. The van der Waals surface area contributed by atoms with Crippen LogP contribution in [0.3, 0.4) is 0 Å². The minimum Gasteiger partial charge on any atom is -0.452 e. The van der Waals surface area contributed by atoms with Crippen LogP contribution in [0.1, 0.15) is 21.7 Å². The highest BCUT2D eigenvalue weighted by Gasteiger charge is 2.18. The normalized spacial score (nSPS) is 9.75. The fraction of sp³-hybridized carbons (Fsp3) is 0.333. The minimum atomic E-state index is -0.809. The van der Waals surface area contributed by atoms with Crippen LogP contribution in [0.2, 0.25) is 0 Å². The number of hydrogen-bond donors (Lipinski definition) is 2. The molecule has 8 nitrogen and oxygen atoms in total. The van der Waals surface area contributed by atoms with E-state index in [0.717, 1.165) is 6.07 Å². The van der Waals surface area contributed by atoms with Gasteiger partial charge in [0, 0.05) is 13.1 Å². The number of ether oxygens (including phenoxy) is 1. The Balaban J connectivity index is 2.71. The van der Waals surface area contributed by atoms with Crippen molar-refractivity contribution in [1.29, 1.82) is 0 Å². The average molecular weight is 282 g/mol. The molecule has 1 aromatic heterocycles. The van der Waals surface area contributed by atoms with Gasteiger partial charge in [0.2, 0.25) is 0 Å². The highest BCUT2D eigenvalue weighted by Crippen LogP contribution is 2.12. The largest absolute Gasteiger partial charge is 0.452 e. The molecular formula is C12H14N2O6. The molecule has 0 aliphatic rings. The maximum absolute atomic E-state index is 11.8. The molecule has 0 saturated carbocycles. The quantitative estimate of drug-likeness (QED) is 0.746. The molecule has 0 fully saturated rings. The standard InChI is InChI=1S/C12H14N2O6/c1-6-4-9(16)20-7(2)10(6)11(17)19-5-8(15)14-12(18)13-3/h4H,5H2,1-3H3,(H2,13,14,15,18). The van der Waals surface area contributed by atoms with Gasteiger partial charge in [-0.15, -0.1) is 0 Å². The van der Waals surface area contributed by atoms with E-state index < -0.39 is 30.1 Å². The Hall–Kier alpha value is -2.64. The third kappa shape index (κ3) is 3.94. The monoisotopic (exact) mass is 282 g/mol. The molecule has 108 valence electrons. The first-order valence-corrected chi connectivity index (χ1v) is 5.65. The number of nitrogens with one attached hydrogen (secondary N) is 2. The van der Waals surface area contributed by atoms with Gasteiger partial charge in [-0.05, 0) is 19.4 Å². The Kier molecular flexibility index (Phi) is 5.01. The molecule has 2 N–H and O–H groups in total. The minimum absolute atomic E-state index is 0.0809. The van der Waals surface area contributed by atoms with Crippen molar-refractivity contribution >= 4 is 17.9 Å². The summed E-state index contributed by atoms with van der Waals surface area (Å²) in [6.07, 6.45) is 0. The molecule has 8 heteroatoms. The van der Waals surface area contributed by atoms with Crippen LogP contribution in [-0.4, -0.2) is 31.6 Å². The first-order chi connectivity index (χ1) is 9.35. The molecule has 3 amide bonds. The maximum atomic E-state index is 11.8. The van der Waals surface area contributed by atoms with Crippen LogP contribution in [-0.2, 0) is 9.53 Å². The summed E-state index contributed by atoms with van der Waals surface area (Å²) in [7, 11) is 1.34. The van der Waals surface area contributed by atoms with E-state index in [1.165, 1.54) is 14.0 Å². The van der Waals surface area contributed by atoms with Gasteiger partial charge in [0.05, 0.1) is 0 Å². The van der Waals surface area contributed by atoms with Crippen molar-refractivity contribution in [2.75, 3.05) is 13.7 Å². The van der Waals surface area contributed by atoms with Crippen molar-refractivity contribution in [3.63, 3.8) is 0 Å². The van der Waals surface area contributed by atoms with Crippen LogP contribution in [0.5, 0.6) is 0 Å². The molecule has 1 rings (SSSR count). The number of carbonyl (C=O) groups excluding carboxylic acids is 3. The summed E-state index contributed by atoms with van der Waals surface area (Å²) >= 11 is 0. The van der Waals surface area contributed by atoms with E-state index >= 15 is 0 Å². The number of urea groups is 1. The Labute approximate surface area is 114 Å². The number of esters is 1. The Morgan fingerprint density at radius 2 is 1.95 bits per heavy atom. The SMILES string of the molecule is CNC(=O)NC(=O)COC(=O)c1c(C)cc(=O)oc1C. The summed E-state index contributed by atoms with van der Waals surface area (Å²) < 4.78 is 9.52. The zero-order valence-corrected chi connectivity index (χ0v) is 11.2. The number of imide groups is 1. The lowest BCUT2D eigenvalue weighted by Crippen LogP contribution is -2.39. The van der Waals surface area contributed by atoms with Gasteiger partial charge in [-0.2, -0.15) is 0 Å². The molecule has 0 atom stereocenters. The summed E-state index contributed by atoms with van der Waals surface area (Å²) in [6, 6.07) is 0.442. The molecule has 0 unspecified atom stereocenters. The fourth-order valence-corrected chi connectivity index (χ4v) is 1.49. The lowest BCUT2D eigenvalue weighted by Gasteiger charge is -2.08. The van der Waals surface area contributed by atoms with Crippen LogP contribution >= 0.6 is 0 Å². The Morgan fingerprint density at radius 1 is 1.30 bits per heavy atom. The van der Waals surface area contributed by atoms with E-state index in [0.29, 0.717) is 5.56 Å². The van der Waals surface area contributed by atoms with Crippen LogP contribution < -0.4 is 16.3 Å². The van der Waals surface area contributed by atoms with Gasteiger partial charge in [0.15, 0.2) is 6.61 Å². The zero-order chi connectivity index (χ0) is 15.3. The molecule has 0 saturated heterocycles. The average Bonchev–Trinajstić information content (AvgIpc) is 2.34. The molecule has 1 heterocycles. The summed E-state index contributed by atoms with van der Waals surface area (Å²) in [5.74, 6) is -1.48. The Morgan fingerprint density at radius 3 is 2.50 bits per heavy atom. The first-order valence-electron chi connectivity index (χ1n) is 5.65. The van der Waals surface area contributed by atoms with E-state index in [-0.39, 0.29) is 11.3 Å². The van der Waals surface area contributed by atoms with Gasteiger partial charge in [-0.1, -0.05) is 0 Å². The van der Waals surface area contributed by atoms with Crippen molar-refractivity contribution in [2.45, 2.75) is 13.8 Å². The molecule has 0 aliphatic heterocycles. The van der Waals surface area contributed by atoms with Gasteiger partial charge in [0.1, 0.15) is 11.3 Å². The lowest BCUT2D eigenvalue weighted by atomic mass is 10.1. The predicted molar refractivity (Wildman–Crippen MR) is 67.3 cm³/mol. The van der Waals surface area contributed by atoms with E-state index in [9.17, 15) is 19.2 Å². The summed E-state index contributed by atoms with van der Waals surface area (Å²) in [5, 5.41) is 4.11. The molecule has 0 bridgehead atoms. The van der Waals surface area contributed by atoms with E-state index in [2.05, 4.69) is 5.32 Å². The van der Waals surface area contributed by atoms with Gasteiger partial charge >= 0.3 is 17.6 Å². The highest BCUT2D eigenvalue weighted by atomic mass is 16.5. The van der Waals surface area contributed by atoms with Crippen LogP contribution in [0.4, 0.5) is 4.79 Å². The number of aryl methyl sites for hydroxylation is 2. The van der Waals surface area contributed by atoms with Gasteiger partial charge < -0.3 is 14.5 Å². The third-order valence-corrected chi connectivity index (χ3v) is 2.35. The number of hydrogen-bond acceptors (Lipinski definition) is 6. The van der Waals surface area contributed by atoms with Crippen molar-refractivity contribution in [3.8, 4) is 0 Å². The van der Waals surface area contributed by atoms with E-state index in [4.69, 9.17) is 9.15 Å². The van der Waals surface area contributed by atoms with E-state index in [1.54, 1.807) is 6.92 Å². The second kappa shape index (κ2) is 6.50. The maximum Gasteiger partial charge on any atom is 0.342 e. The number of rotatable bonds is 3. The van der Waals surface area contributed by atoms with Crippen molar-refractivity contribution in [1.82, 2.24) is 10.6 Å². The smallest absolute Gasteiger partial charge is 0.342 e. The summed E-state index contributed by atoms with van der Waals surface area (Å²) in [6.45, 7) is 2.37. The van der Waals surface area contributed by atoms with Gasteiger partial charge in [-0.3, -0.25) is 10.1 Å². The van der Waals surface area contributed by atoms with Crippen LogP contribution in [0, 0.1) is 13.8 Å².